The largest absolute Gasteiger partial charge is 0.489 e. The van der Waals surface area contributed by atoms with Crippen LogP contribution in [0.4, 0.5) is 0 Å². The molecule has 1 atom stereocenters. The molecule has 1 aliphatic rings. The Morgan fingerprint density at radius 1 is 1.42 bits per heavy atom. The molecule has 0 spiro atoms. The number of aliphatic imine (C=N–C) groups is 1. The Morgan fingerprint density at radius 2 is 2.15 bits per heavy atom. The maximum Gasteiger partial charge on any atom is 0.308 e. The summed E-state index contributed by atoms with van der Waals surface area (Å²) in [6.45, 7) is 6.93. The third-order valence-corrected chi connectivity index (χ3v) is 4.53. The summed E-state index contributed by atoms with van der Waals surface area (Å²) in [6.07, 6.45) is 1.49. The Morgan fingerprint density at radius 3 is 2.77 bits per heavy atom. The fourth-order valence-corrected chi connectivity index (χ4v) is 3.12. The fourth-order valence-electron chi connectivity index (χ4n) is 2.94. The molecule has 1 heterocycles. The monoisotopic (exact) mass is 381 g/mol. The minimum atomic E-state index is -0.116. The highest BCUT2D eigenvalue weighted by Gasteiger charge is 2.27. The van der Waals surface area contributed by atoms with Gasteiger partial charge in [-0.15, -0.1) is 0 Å². The zero-order chi connectivity index (χ0) is 18.9. The molecule has 0 radical (unpaired) electrons. The number of benzene rings is 1. The molecule has 0 aliphatic carbocycles. The van der Waals surface area contributed by atoms with Gasteiger partial charge in [0.05, 0.1) is 19.6 Å². The zero-order valence-electron chi connectivity index (χ0n) is 15.7. The van der Waals surface area contributed by atoms with E-state index in [9.17, 15) is 4.79 Å². The van der Waals surface area contributed by atoms with Crippen LogP contribution in [0.5, 0.6) is 5.75 Å². The van der Waals surface area contributed by atoms with Gasteiger partial charge in [-0.3, -0.25) is 4.79 Å². The second-order valence-corrected chi connectivity index (χ2v) is 6.80. The van der Waals surface area contributed by atoms with Gasteiger partial charge in [-0.05, 0) is 44.9 Å². The van der Waals surface area contributed by atoms with Crippen molar-refractivity contribution >= 4 is 23.5 Å². The first kappa shape index (κ1) is 20.4. The number of likely N-dealkylation sites (tertiary alicyclic amines) is 1. The van der Waals surface area contributed by atoms with Gasteiger partial charge in [0.25, 0.3) is 0 Å². The summed E-state index contributed by atoms with van der Waals surface area (Å²) in [5.41, 5.74) is 0. The second-order valence-electron chi connectivity index (χ2n) is 6.36. The van der Waals surface area contributed by atoms with Crippen LogP contribution in [-0.4, -0.2) is 56.2 Å². The van der Waals surface area contributed by atoms with Gasteiger partial charge in [-0.25, -0.2) is 4.99 Å². The van der Waals surface area contributed by atoms with E-state index >= 15 is 0 Å². The van der Waals surface area contributed by atoms with E-state index in [-0.39, 0.29) is 18.0 Å². The number of carbonyl (C=O) groups excluding carboxylic acids is 1. The van der Waals surface area contributed by atoms with Crippen molar-refractivity contribution in [2.45, 2.75) is 32.8 Å². The Balaban J connectivity index is 1.91. The van der Waals surface area contributed by atoms with E-state index < -0.39 is 0 Å². The predicted molar refractivity (Wildman–Crippen MR) is 104 cm³/mol. The van der Waals surface area contributed by atoms with Crippen LogP contribution in [0.3, 0.4) is 0 Å². The lowest BCUT2D eigenvalue weighted by atomic mass is 9.97. The van der Waals surface area contributed by atoms with Crippen LogP contribution in [0.25, 0.3) is 0 Å². The average Bonchev–Trinajstić information content (AvgIpc) is 2.64. The smallest absolute Gasteiger partial charge is 0.308 e. The van der Waals surface area contributed by atoms with Crippen molar-refractivity contribution in [3.05, 3.63) is 29.3 Å². The van der Waals surface area contributed by atoms with Crippen molar-refractivity contribution < 1.29 is 14.3 Å². The number of esters is 1. The van der Waals surface area contributed by atoms with E-state index in [4.69, 9.17) is 26.1 Å². The number of halogens is 1. The number of hydrogen-bond donors (Lipinski definition) is 1. The van der Waals surface area contributed by atoms with Crippen molar-refractivity contribution in [1.29, 1.82) is 0 Å². The topological polar surface area (TPSA) is 63.2 Å². The summed E-state index contributed by atoms with van der Waals surface area (Å²) in [4.78, 5) is 18.6. The molecule has 26 heavy (non-hydrogen) atoms. The van der Waals surface area contributed by atoms with Gasteiger partial charge >= 0.3 is 5.97 Å². The Labute approximate surface area is 160 Å². The van der Waals surface area contributed by atoms with Gasteiger partial charge in [0, 0.05) is 24.7 Å². The quantitative estimate of drug-likeness (QED) is 0.466. The maximum atomic E-state index is 11.7. The van der Waals surface area contributed by atoms with E-state index in [0.717, 1.165) is 44.2 Å². The summed E-state index contributed by atoms with van der Waals surface area (Å²) in [7, 11) is 1.45. The molecule has 144 valence electrons. The molecule has 1 saturated heterocycles. The van der Waals surface area contributed by atoms with Crippen molar-refractivity contribution in [2.24, 2.45) is 10.9 Å². The van der Waals surface area contributed by atoms with E-state index in [2.05, 4.69) is 10.2 Å². The van der Waals surface area contributed by atoms with Gasteiger partial charge < -0.3 is 19.7 Å². The summed E-state index contributed by atoms with van der Waals surface area (Å²) in [5, 5.41) is 3.97. The second kappa shape index (κ2) is 10.3. The highest BCUT2D eigenvalue weighted by molar-refractivity contribution is 6.30. The molecule has 0 saturated carbocycles. The lowest BCUT2D eigenvalue weighted by Gasteiger charge is -2.33. The van der Waals surface area contributed by atoms with Gasteiger partial charge in [0.1, 0.15) is 11.9 Å². The predicted octanol–water partition coefficient (Wildman–Crippen LogP) is 2.96. The number of nitrogens with zero attached hydrogens (tertiary/aromatic N) is 2. The number of carbonyl (C=O) groups is 1. The number of ether oxygens (including phenoxy) is 2. The molecule has 1 fully saturated rings. The first-order valence-corrected chi connectivity index (χ1v) is 9.44. The first-order valence-electron chi connectivity index (χ1n) is 9.06. The lowest BCUT2D eigenvalue weighted by Crippen LogP contribution is -2.47. The highest BCUT2D eigenvalue weighted by atomic mass is 35.5. The fraction of sp³-hybridized carbons (Fsp3) is 0.579. The molecule has 6 nitrogen and oxygen atoms in total. The summed E-state index contributed by atoms with van der Waals surface area (Å²) in [6, 6.07) is 7.36. The molecule has 7 heteroatoms. The molecular weight excluding hydrogens is 354 g/mol. The Hall–Kier alpha value is -1.95. The number of nitrogens with one attached hydrogen (secondary N) is 1. The van der Waals surface area contributed by atoms with Gasteiger partial charge in [0.15, 0.2) is 5.96 Å². The van der Waals surface area contributed by atoms with Crippen LogP contribution in [0.15, 0.2) is 29.3 Å². The third kappa shape index (κ3) is 6.09. The lowest BCUT2D eigenvalue weighted by molar-refractivity contribution is -0.146. The number of hydrogen-bond acceptors (Lipinski definition) is 4. The summed E-state index contributed by atoms with van der Waals surface area (Å²) < 4.78 is 10.7. The molecule has 0 amide bonds. The number of guanidine groups is 1. The number of rotatable bonds is 6. The minimum absolute atomic E-state index is 0.00999. The molecule has 0 bridgehead atoms. The zero-order valence-corrected chi connectivity index (χ0v) is 16.5. The molecule has 1 unspecified atom stereocenters. The molecule has 1 N–H and O–H groups in total. The van der Waals surface area contributed by atoms with Gasteiger partial charge in [-0.1, -0.05) is 17.7 Å². The maximum absolute atomic E-state index is 11.7. The van der Waals surface area contributed by atoms with E-state index in [1.807, 2.05) is 32.0 Å². The first-order chi connectivity index (χ1) is 12.5. The van der Waals surface area contributed by atoms with Crippen LogP contribution < -0.4 is 10.1 Å². The van der Waals surface area contributed by atoms with Gasteiger partial charge in [-0.2, -0.15) is 0 Å². The normalized spacial score (nSPS) is 16.9. The highest BCUT2D eigenvalue weighted by Crippen LogP contribution is 2.20. The van der Waals surface area contributed by atoms with Crippen LogP contribution in [0, 0.1) is 5.92 Å². The molecular formula is C19H28ClN3O3. The van der Waals surface area contributed by atoms with Crippen LogP contribution in [0.2, 0.25) is 5.02 Å². The third-order valence-electron chi connectivity index (χ3n) is 4.30. The molecule has 1 aromatic rings. The molecule has 1 aromatic carbocycles. The Kier molecular flexibility index (Phi) is 8.04. The van der Waals surface area contributed by atoms with Crippen LogP contribution >= 0.6 is 11.6 Å². The Bertz CT molecular complexity index is 616. The standard InChI is InChI=1S/C19H28ClN3O3/c1-4-21-19(23-10-8-15(9-11-23)18(24)25-3)22-13-14(2)26-17-7-5-6-16(20)12-17/h5-7,12,14-15H,4,8-11,13H2,1-3H3,(H,21,22). The van der Waals surface area contributed by atoms with E-state index in [0.29, 0.717) is 11.6 Å². The van der Waals surface area contributed by atoms with Crippen molar-refractivity contribution in [3.63, 3.8) is 0 Å². The van der Waals surface area contributed by atoms with E-state index in [1.54, 1.807) is 6.07 Å². The molecule has 1 aliphatic heterocycles. The van der Waals surface area contributed by atoms with Crippen molar-refractivity contribution in [1.82, 2.24) is 10.2 Å². The SMILES string of the molecule is CCNC(=NCC(C)Oc1cccc(Cl)c1)N1CCC(C(=O)OC)CC1. The number of piperidine rings is 1. The van der Waals surface area contributed by atoms with Crippen molar-refractivity contribution in [3.8, 4) is 5.75 Å². The van der Waals surface area contributed by atoms with Crippen LogP contribution in [-0.2, 0) is 9.53 Å². The van der Waals surface area contributed by atoms with Gasteiger partial charge in [0.2, 0.25) is 0 Å². The summed E-state index contributed by atoms with van der Waals surface area (Å²) >= 11 is 5.99. The molecule has 2 rings (SSSR count). The van der Waals surface area contributed by atoms with Crippen molar-refractivity contribution in [2.75, 3.05) is 33.3 Å². The minimum Gasteiger partial charge on any atom is -0.489 e. The van der Waals surface area contributed by atoms with Crippen LogP contribution in [0.1, 0.15) is 26.7 Å². The number of methoxy groups -OCH3 is 1. The molecule has 0 aromatic heterocycles. The summed E-state index contributed by atoms with van der Waals surface area (Å²) in [5.74, 6) is 1.47. The average molecular weight is 382 g/mol. The van der Waals surface area contributed by atoms with E-state index in [1.165, 1.54) is 7.11 Å².